The van der Waals surface area contributed by atoms with Crippen molar-refractivity contribution in [2.24, 2.45) is 0 Å². The van der Waals surface area contributed by atoms with Crippen LogP contribution in [0.2, 0.25) is 0 Å². The third-order valence-corrected chi connectivity index (χ3v) is 4.94. The van der Waals surface area contributed by atoms with Gasteiger partial charge in [-0.2, -0.15) is 0 Å². The lowest BCUT2D eigenvalue weighted by atomic mass is 9.99. The van der Waals surface area contributed by atoms with E-state index >= 15 is 0 Å². The maximum Gasteiger partial charge on any atom is 0.227 e. The van der Waals surface area contributed by atoms with Crippen LogP contribution in [0.15, 0.2) is 54.6 Å². The topological polar surface area (TPSA) is 35.5 Å². The zero-order chi connectivity index (χ0) is 20.6. The van der Waals surface area contributed by atoms with Crippen molar-refractivity contribution in [3.63, 3.8) is 0 Å². The fraction of sp³-hybridized carbons (Fsp3) is 0.409. The van der Waals surface area contributed by atoms with Gasteiger partial charge in [-0.3, -0.25) is 4.79 Å². The number of rotatable bonds is 6. The highest BCUT2D eigenvalue weighted by atomic mass is 35.5. The van der Waals surface area contributed by atoms with Gasteiger partial charge in [0.2, 0.25) is 5.79 Å². The van der Waals surface area contributed by atoms with Gasteiger partial charge in [0, 0.05) is 11.1 Å². The molecule has 152 valence electrons. The van der Waals surface area contributed by atoms with Crippen molar-refractivity contribution in [1.29, 1.82) is 0 Å². The van der Waals surface area contributed by atoms with Crippen molar-refractivity contribution >= 4 is 17.4 Å². The summed E-state index contributed by atoms with van der Waals surface area (Å²) in [5.41, 5.74) is 1.22. The second-order valence-electron chi connectivity index (χ2n) is 6.35. The predicted molar refractivity (Wildman–Crippen MR) is 106 cm³/mol. The van der Waals surface area contributed by atoms with Crippen LogP contribution in [0.3, 0.4) is 0 Å². The Morgan fingerprint density at radius 2 is 1.61 bits per heavy atom. The number of ether oxygens (including phenoxy) is 2. The van der Waals surface area contributed by atoms with E-state index < -0.39 is 17.3 Å². The van der Waals surface area contributed by atoms with Crippen molar-refractivity contribution < 1.29 is 23.0 Å². The van der Waals surface area contributed by atoms with Gasteiger partial charge in [-0.05, 0) is 37.1 Å². The van der Waals surface area contributed by atoms with Crippen molar-refractivity contribution in [1.82, 2.24) is 0 Å². The van der Waals surface area contributed by atoms with Crippen LogP contribution in [0.1, 0.15) is 42.6 Å². The van der Waals surface area contributed by atoms with Crippen molar-refractivity contribution in [3.8, 4) is 0 Å². The van der Waals surface area contributed by atoms with Gasteiger partial charge in [0.05, 0.1) is 18.6 Å². The first kappa shape index (κ1) is 22.5. The van der Waals surface area contributed by atoms with Crippen molar-refractivity contribution in [2.45, 2.75) is 44.0 Å². The molecular weight excluding hydrogens is 386 g/mol. The molecule has 0 aromatic heterocycles. The molecule has 0 amide bonds. The molecule has 1 aliphatic rings. The third-order valence-electron chi connectivity index (χ3n) is 4.43. The molecule has 0 spiro atoms. The van der Waals surface area contributed by atoms with E-state index in [4.69, 9.17) is 21.1 Å². The van der Waals surface area contributed by atoms with E-state index in [0.29, 0.717) is 31.6 Å². The van der Waals surface area contributed by atoms with E-state index in [1.807, 2.05) is 37.3 Å². The Kier molecular flexibility index (Phi) is 8.55. The van der Waals surface area contributed by atoms with Crippen LogP contribution in [0.25, 0.3) is 0 Å². The van der Waals surface area contributed by atoms with Crippen LogP contribution in [0.4, 0.5) is 8.78 Å². The molecule has 2 aromatic rings. The highest BCUT2D eigenvalue weighted by molar-refractivity contribution is 6.33. The summed E-state index contributed by atoms with van der Waals surface area (Å²) in [5, 5.41) is -0.509. The Labute approximate surface area is 169 Å². The van der Waals surface area contributed by atoms with Crippen molar-refractivity contribution in [3.05, 3.63) is 71.5 Å². The summed E-state index contributed by atoms with van der Waals surface area (Å²) in [6, 6.07) is 14.7. The number of carbonyl (C=O) groups is 1. The average molecular weight is 411 g/mol. The van der Waals surface area contributed by atoms with E-state index in [-0.39, 0.29) is 11.6 Å². The Balaban J connectivity index is 0.000000203. The largest absolute Gasteiger partial charge is 0.341 e. The second kappa shape index (κ2) is 10.6. The fourth-order valence-electron chi connectivity index (χ4n) is 2.88. The number of ketones is 1. The quantitative estimate of drug-likeness (QED) is 0.455. The molecule has 2 unspecified atom stereocenters. The summed E-state index contributed by atoms with van der Waals surface area (Å²) in [6.45, 7) is 4.53. The molecule has 28 heavy (non-hydrogen) atoms. The molecule has 3 nitrogen and oxygen atoms in total. The molecule has 1 heterocycles. The summed E-state index contributed by atoms with van der Waals surface area (Å²) < 4.78 is 37.4. The lowest BCUT2D eigenvalue weighted by molar-refractivity contribution is -0.210. The maximum absolute atomic E-state index is 13.9. The van der Waals surface area contributed by atoms with Crippen molar-refractivity contribution in [2.75, 3.05) is 13.2 Å². The molecule has 0 aliphatic carbocycles. The first-order valence-corrected chi connectivity index (χ1v) is 9.79. The van der Waals surface area contributed by atoms with Crippen LogP contribution in [0, 0.1) is 5.82 Å². The summed E-state index contributed by atoms with van der Waals surface area (Å²) in [4.78, 5) is 11.4. The molecule has 6 heteroatoms. The summed E-state index contributed by atoms with van der Waals surface area (Å²) in [5.74, 6) is -1.67. The number of Topliss-reactive ketones (excluding diaryl/α,β-unsaturated/α-hetero) is 1. The van der Waals surface area contributed by atoms with Gasteiger partial charge in [0.1, 0.15) is 5.82 Å². The number of benzene rings is 2. The first-order chi connectivity index (χ1) is 13.4. The number of halogens is 3. The van der Waals surface area contributed by atoms with E-state index in [0.717, 1.165) is 5.56 Å². The minimum Gasteiger partial charge on any atom is -0.341 e. The monoisotopic (exact) mass is 410 g/mol. The van der Waals surface area contributed by atoms with Crippen LogP contribution < -0.4 is 0 Å². The standard InChI is InChI=1S/C12H15FO2.C10H10ClFO/c1-2-11(13)12(14-8-9-15-12)10-6-4-3-5-7-10;1-2-9(11)10(13)7-3-5-8(12)6-4-7/h3-7,11H,2,8-9H2,1H3;3-6,9H,2H2,1H3. The Hall–Kier alpha value is -1.82. The van der Waals surface area contributed by atoms with Gasteiger partial charge in [-0.25, -0.2) is 8.78 Å². The van der Waals surface area contributed by atoms with Crippen LogP contribution in [-0.2, 0) is 15.3 Å². The minimum atomic E-state index is -1.17. The van der Waals surface area contributed by atoms with E-state index in [2.05, 4.69) is 0 Å². The van der Waals surface area contributed by atoms with Gasteiger partial charge >= 0.3 is 0 Å². The number of hydrogen-bond acceptors (Lipinski definition) is 3. The van der Waals surface area contributed by atoms with Crippen LogP contribution in [0.5, 0.6) is 0 Å². The molecule has 1 saturated heterocycles. The molecule has 2 aromatic carbocycles. The molecule has 2 atom stereocenters. The van der Waals surface area contributed by atoms with Gasteiger partial charge in [0.15, 0.2) is 12.0 Å². The zero-order valence-corrected chi connectivity index (χ0v) is 16.8. The predicted octanol–water partition coefficient (Wildman–Crippen LogP) is 5.66. The SMILES string of the molecule is CCC(Cl)C(=O)c1ccc(F)cc1.CCC(F)C1(c2ccccc2)OCCO1. The number of carbonyl (C=O) groups excluding carboxylic acids is 1. The summed E-state index contributed by atoms with van der Waals surface area (Å²) in [6.07, 6.45) is -0.158. The molecule has 0 radical (unpaired) electrons. The molecule has 0 bridgehead atoms. The molecule has 0 saturated carbocycles. The molecule has 0 N–H and O–H groups in total. The lowest BCUT2D eigenvalue weighted by Crippen LogP contribution is -2.37. The van der Waals surface area contributed by atoms with Gasteiger partial charge < -0.3 is 9.47 Å². The Morgan fingerprint density at radius 1 is 1.04 bits per heavy atom. The van der Waals surface area contributed by atoms with Crippen LogP contribution in [-0.4, -0.2) is 30.5 Å². The molecule has 3 rings (SSSR count). The number of hydrogen-bond donors (Lipinski definition) is 0. The zero-order valence-electron chi connectivity index (χ0n) is 16.0. The summed E-state index contributed by atoms with van der Waals surface area (Å²) >= 11 is 5.75. The van der Waals surface area contributed by atoms with E-state index in [1.165, 1.54) is 24.3 Å². The Morgan fingerprint density at radius 3 is 2.11 bits per heavy atom. The highest BCUT2D eigenvalue weighted by Gasteiger charge is 2.45. The smallest absolute Gasteiger partial charge is 0.227 e. The third kappa shape index (κ3) is 5.37. The minimum absolute atomic E-state index is 0.149. The lowest BCUT2D eigenvalue weighted by Gasteiger charge is -2.30. The second-order valence-corrected chi connectivity index (χ2v) is 6.88. The molecule has 1 aliphatic heterocycles. The molecule has 1 fully saturated rings. The normalized spacial score (nSPS) is 17.3. The maximum atomic E-state index is 13.9. The van der Waals surface area contributed by atoms with Crippen LogP contribution >= 0.6 is 11.6 Å². The van der Waals surface area contributed by atoms with E-state index in [9.17, 15) is 13.6 Å². The Bertz CT molecular complexity index is 731. The number of alkyl halides is 2. The molecular formula is C22H25ClF2O3. The fourth-order valence-corrected chi connectivity index (χ4v) is 3.00. The van der Waals surface area contributed by atoms with E-state index in [1.54, 1.807) is 6.92 Å². The first-order valence-electron chi connectivity index (χ1n) is 9.36. The highest BCUT2D eigenvalue weighted by Crippen LogP contribution is 2.37. The van der Waals surface area contributed by atoms with Gasteiger partial charge in [0.25, 0.3) is 0 Å². The van der Waals surface area contributed by atoms with Gasteiger partial charge in [-0.15, -0.1) is 11.6 Å². The average Bonchev–Trinajstić information content (AvgIpc) is 3.25. The summed E-state index contributed by atoms with van der Waals surface area (Å²) in [7, 11) is 0. The van der Waals surface area contributed by atoms with Gasteiger partial charge in [-0.1, -0.05) is 44.2 Å².